The summed E-state index contributed by atoms with van der Waals surface area (Å²) in [7, 11) is 2.16. The zero-order valence-electron chi connectivity index (χ0n) is 12.1. The van der Waals surface area contributed by atoms with Crippen LogP contribution in [-0.4, -0.2) is 13.6 Å². The third kappa shape index (κ3) is 1.94. The number of hydrogen-bond donors (Lipinski definition) is 0. The van der Waals surface area contributed by atoms with E-state index in [0.717, 1.165) is 30.2 Å². The molecule has 0 spiro atoms. The van der Waals surface area contributed by atoms with E-state index < -0.39 is 0 Å². The van der Waals surface area contributed by atoms with Crippen LogP contribution >= 0.6 is 11.6 Å². The molecule has 0 N–H and O–H groups in total. The van der Waals surface area contributed by atoms with E-state index in [2.05, 4.69) is 47.7 Å². The Kier molecular flexibility index (Phi) is 2.76. The van der Waals surface area contributed by atoms with Crippen molar-refractivity contribution in [1.29, 1.82) is 0 Å². The summed E-state index contributed by atoms with van der Waals surface area (Å²) < 4.78 is 0. The standard InChI is InChI=1S/C18H17ClN2/c1-12-17-6-4-15(19)9-14(17)11-21(12)16-5-3-13-7-8-20(2)18(13)10-16/h3-6,9-10H,1,7-8,11H2,2H3. The topological polar surface area (TPSA) is 6.48 Å². The van der Waals surface area contributed by atoms with Crippen LogP contribution in [0.25, 0.3) is 5.70 Å². The third-order valence-electron chi connectivity index (χ3n) is 4.54. The molecule has 0 bridgehead atoms. The molecule has 2 aliphatic heterocycles. The number of likely N-dealkylation sites (N-methyl/N-ethyl adjacent to an activating group) is 1. The first-order valence-corrected chi connectivity index (χ1v) is 7.60. The average molecular weight is 297 g/mol. The van der Waals surface area contributed by atoms with Crippen molar-refractivity contribution < 1.29 is 0 Å². The summed E-state index contributed by atoms with van der Waals surface area (Å²) in [5.41, 5.74) is 7.50. The van der Waals surface area contributed by atoms with E-state index in [0.29, 0.717) is 0 Å². The molecule has 2 nitrogen and oxygen atoms in total. The van der Waals surface area contributed by atoms with Crippen LogP contribution in [-0.2, 0) is 13.0 Å². The Morgan fingerprint density at radius 2 is 1.95 bits per heavy atom. The van der Waals surface area contributed by atoms with Gasteiger partial charge in [0.25, 0.3) is 0 Å². The van der Waals surface area contributed by atoms with Crippen molar-refractivity contribution in [2.75, 3.05) is 23.4 Å². The van der Waals surface area contributed by atoms with E-state index in [-0.39, 0.29) is 0 Å². The molecule has 0 radical (unpaired) electrons. The van der Waals surface area contributed by atoms with Crippen LogP contribution in [0.5, 0.6) is 0 Å². The predicted octanol–water partition coefficient (Wildman–Crippen LogP) is 4.32. The number of hydrogen-bond acceptors (Lipinski definition) is 2. The molecule has 2 aromatic carbocycles. The normalized spacial score (nSPS) is 16.4. The van der Waals surface area contributed by atoms with Crippen molar-refractivity contribution in [3.05, 3.63) is 64.7 Å². The van der Waals surface area contributed by atoms with Gasteiger partial charge in [-0.15, -0.1) is 0 Å². The molecule has 0 unspecified atom stereocenters. The third-order valence-corrected chi connectivity index (χ3v) is 4.78. The van der Waals surface area contributed by atoms with Gasteiger partial charge >= 0.3 is 0 Å². The highest BCUT2D eigenvalue weighted by Crippen LogP contribution is 2.39. The van der Waals surface area contributed by atoms with Crippen LogP contribution < -0.4 is 9.80 Å². The summed E-state index contributed by atoms with van der Waals surface area (Å²) in [6.07, 6.45) is 1.14. The fraction of sp³-hybridized carbons (Fsp3) is 0.222. The minimum absolute atomic E-state index is 0.789. The monoisotopic (exact) mass is 296 g/mol. The molecule has 4 rings (SSSR count). The van der Waals surface area contributed by atoms with Gasteiger partial charge in [-0.1, -0.05) is 30.3 Å². The molecule has 3 heteroatoms. The van der Waals surface area contributed by atoms with Gasteiger partial charge < -0.3 is 9.80 Å². The Balaban J connectivity index is 1.73. The highest BCUT2D eigenvalue weighted by atomic mass is 35.5. The number of nitrogens with zero attached hydrogens (tertiary/aromatic N) is 2. The Bertz CT molecular complexity index is 751. The second kappa shape index (κ2) is 4.54. The van der Waals surface area contributed by atoms with Gasteiger partial charge in [-0.25, -0.2) is 0 Å². The SMILES string of the molecule is C=C1c2ccc(Cl)cc2CN1c1ccc2c(c1)N(C)CC2. The predicted molar refractivity (Wildman–Crippen MR) is 90.1 cm³/mol. The molecular weight excluding hydrogens is 280 g/mol. The number of rotatable bonds is 1. The lowest BCUT2D eigenvalue weighted by molar-refractivity contribution is 0.956. The molecule has 0 saturated heterocycles. The lowest BCUT2D eigenvalue weighted by atomic mass is 10.1. The lowest BCUT2D eigenvalue weighted by Gasteiger charge is -2.22. The van der Waals surface area contributed by atoms with E-state index >= 15 is 0 Å². The number of halogens is 1. The van der Waals surface area contributed by atoms with E-state index in [1.165, 1.54) is 28.1 Å². The summed E-state index contributed by atoms with van der Waals surface area (Å²) in [5.74, 6) is 0. The van der Waals surface area contributed by atoms with Crippen LogP contribution in [0, 0.1) is 0 Å². The van der Waals surface area contributed by atoms with Gasteiger partial charge in [0.15, 0.2) is 0 Å². The molecule has 106 valence electrons. The average Bonchev–Trinajstić information content (AvgIpc) is 3.00. The maximum atomic E-state index is 6.11. The second-order valence-electron chi connectivity index (χ2n) is 5.82. The molecule has 2 aromatic rings. The van der Waals surface area contributed by atoms with Gasteiger partial charge in [0, 0.05) is 47.8 Å². The molecule has 0 amide bonds. The zero-order chi connectivity index (χ0) is 14.6. The minimum Gasteiger partial charge on any atom is -0.374 e. The largest absolute Gasteiger partial charge is 0.374 e. The van der Waals surface area contributed by atoms with Crippen LogP contribution in [0.4, 0.5) is 11.4 Å². The second-order valence-corrected chi connectivity index (χ2v) is 6.26. The molecule has 2 aliphatic rings. The number of anilines is 2. The van der Waals surface area contributed by atoms with Gasteiger partial charge in [-0.3, -0.25) is 0 Å². The van der Waals surface area contributed by atoms with Gasteiger partial charge in [-0.2, -0.15) is 0 Å². The van der Waals surface area contributed by atoms with Gasteiger partial charge in [0.2, 0.25) is 0 Å². The molecule has 0 fully saturated rings. The lowest BCUT2D eigenvalue weighted by Crippen LogP contribution is -2.15. The van der Waals surface area contributed by atoms with Crippen molar-refractivity contribution >= 4 is 28.7 Å². The highest BCUT2D eigenvalue weighted by Gasteiger charge is 2.25. The van der Waals surface area contributed by atoms with Gasteiger partial charge in [-0.05, 0) is 41.8 Å². The molecule has 2 heterocycles. The summed E-state index contributed by atoms with van der Waals surface area (Å²) in [4.78, 5) is 4.59. The minimum atomic E-state index is 0.789. The summed E-state index contributed by atoms with van der Waals surface area (Å²) in [6.45, 7) is 6.22. The first-order chi connectivity index (χ1) is 10.1. The maximum Gasteiger partial charge on any atom is 0.0489 e. The Hall–Kier alpha value is -1.93. The van der Waals surface area contributed by atoms with Crippen LogP contribution in [0.3, 0.4) is 0 Å². The van der Waals surface area contributed by atoms with Crippen molar-refractivity contribution in [1.82, 2.24) is 0 Å². The summed E-state index contributed by atoms with van der Waals surface area (Å²) in [5, 5.41) is 0.789. The van der Waals surface area contributed by atoms with Crippen molar-refractivity contribution in [3.8, 4) is 0 Å². The van der Waals surface area contributed by atoms with Gasteiger partial charge in [0.05, 0.1) is 0 Å². The Morgan fingerprint density at radius 3 is 2.81 bits per heavy atom. The summed E-state index contributed by atoms with van der Waals surface area (Å²) in [6, 6.07) is 12.8. The van der Waals surface area contributed by atoms with Crippen molar-refractivity contribution in [3.63, 3.8) is 0 Å². The number of benzene rings is 2. The van der Waals surface area contributed by atoms with Crippen molar-refractivity contribution in [2.45, 2.75) is 13.0 Å². The zero-order valence-corrected chi connectivity index (χ0v) is 12.8. The molecular formula is C18H17ClN2. The fourth-order valence-corrected chi connectivity index (χ4v) is 3.52. The Morgan fingerprint density at radius 1 is 1.10 bits per heavy atom. The maximum absolute atomic E-state index is 6.11. The molecule has 0 saturated carbocycles. The van der Waals surface area contributed by atoms with Crippen molar-refractivity contribution in [2.24, 2.45) is 0 Å². The molecule has 0 atom stereocenters. The first kappa shape index (κ1) is 12.8. The highest BCUT2D eigenvalue weighted by molar-refractivity contribution is 6.30. The van der Waals surface area contributed by atoms with E-state index in [4.69, 9.17) is 11.6 Å². The van der Waals surface area contributed by atoms with E-state index in [1.807, 2.05) is 12.1 Å². The van der Waals surface area contributed by atoms with Gasteiger partial charge in [0.1, 0.15) is 0 Å². The van der Waals surface area contributed by atoms with Crippen LogP contribution in [0.15, 0.2) is 43.0 Å². The number of fused-ring (bicyclic) bond motifs is 2. The fourth-order valence-electron chi connectivity index (χ4n) is 3.33. The van der Waals surface area contributed by atoms with E-state index in [9.17, 15) is 0 Å². The molecule has 21 heavy (non-hydrogen) atoms. The quantitative estimate of drug-likeness (QED) is 0.773. The summed E-state index contributed by atoms with van der Waals surface area (Å²) >= 11 is 6.11. The smallest absolute Gasteiger partial charge is 0.0489 e. The first-order valence-electron chi connectivity index (χ1n) is 7.23. The molecule has 0 aliphatic carbocycles. The van der Waals surface area contributed by atoms with E-state index in [1.54, 1.807) is 0 Å². The van der Waals surface area contributed by atoms with Crippen LogP contribution in [0.1, 0.15) is 16.7 Å². The Labute approximate surface area is 130 Å². The van der Waals surface area contributed by atoms with Crippen LogP contribution in [0.2, 0.25) is 5.02 Å². The molecule has 0 aromatic heterocycles.